The van der Waals surface area contributed by atoms with Crippen LogP contribution in [-0.2, 0) is 4.74 Å². The molecule has 2 N–H and O–H groups in total. The van der Waals surface area contributed by atoms with Gasteiger partial charge in [0.1, 0.15) is 0 Å². The molecule has 3 nitrogen and oxygen atoms in total. The van der Waals surface area contributed by atoms with Gasteiger partial charge in [-0.25, -0.2) is 0 Å². The Balaban J connectivity index is 1.88. The fraction of sp³-hybridized carbons (Fsp3) is 1.00. The molecule has 1 rings (SSSR count). The van der Waals surface area contributed by atoms with E-state index in [0.29, 0.717) is 18.6 Å². The Morgan fingerprint density at radius 3 is 3.07 bits per heavy atom. The summed E-state index contributed by atoms with van der Waals surface area (Å²) in [5.74, 6) is 0.574. The summed E-state index contributed by atoms with van der Waals surface area (Å²) in [6.07, 6.45) is 4.98. The summed E-state index contributed by atoms with van der Waals surface area (Å²) < 4.78 is 5.53. The lowest BCUT2D eigenvalue weighted by atomic mass is 10.1. The molecule has 0 aromatic heterocycles. The molecular weight excluding hydrogens is 178 g/mol. The molecule has 0 amide bonds. The highest BCUT2D eigenvalue weighted by atomic mass is 16.5. The van der Waals surface area contributed by atoms with Crippen LogP contribution in [0.25, 0.3) is 0 Å². The molecule has 1 aliphatic heterocycles. The van der Waals surface area contributed by atoms with Crippen molar-refractivity contribution < 1.29 is 9.84 Å². The Kier molecular flexibility index (Phi) is 6.15. The van der Waals surface area contributed by atoms with Gasteiger partial charge >= 0.3 is 0 Å². The topological polar surface area (TPSA) is 41.5 Å². The second-order valence-electron chi connectivity index (χ2n) is 4.25. The predicted octanol–water partition coefficient (Wildman–Crippen LogP) is 1.16. The molecule has 0 aromatic rings. The van der Waals surface area contributed by atoms with E-state index in [4.69, 9.17) is 9.84 Å². The first-order valence-corrected chi connectivity index (χ1v) is 5.76. The van der Waals surface area contributed by atoms with E-state index in [2.05, 4.69) is 12.2 Å². The Bertz CT molecular complexity index is 135. The highest BCUT2D eigenvalue weighted by molar-refractivity contribution is 4.66. The second kappa shape index (κ2) is 7.21. The molecule has 14 heavy (non-hydrogen) atoms. The zero-order valence-electron chi connectivity index (χ0n) is 9.17. The zero-order valence-corrected chi connectivity index (χ0v) is 9.17. The lowest BCUT2D eigenvalue weighted by Gasteiger charge is -2.13. The number of hydrogen-bond donors (Lipinski definition) is 2. The van der Waals surface area contributed by atoms with Gasteiger partial charge < -0.3 is 15.2 Å². The number of aliphatic hydroxyl groups is 1. The van der Waals surface area contributed by atoms with Crippen molar-refractivity contribution in [2.45, 2.75) is 38.7 Å². The van der Waals surface area contributed by atoms with Gasteiger partial charge in [-0.05, 0) is 44.7 Å². The van der Waals surface area contributed by atoms with Gasteiger partial charge in [-0.3, -0.25) is 0 Å². The molecule has 1 fully saturated rings. The first-order valence-electron chi connectivity index (χ1n) is 5.76. The summed E-state index contributed by atoms with van der Waals surface area (Å²) in [6, 6.07) is 0. The van der Waals surface area contributed by atoms with E-state index in [1.807, 2.05) is 0 Å². The fourth-order valence-corrected chi connectivity index (χ4v) is 1.81. The van der Waals surface area contributed by atoms with Crippen LogP contribution in [0.3, 0.4) is 0 Å². The standard InChI is InChI=1S/C11H23NO2/c1-10(5-7-13)9-12-6-4-11-3-2-8-14-11/h10-13H,2-9H2,1H3. The van der Waals surface area contributed by atoms with Gasteiger partial charge in [0.2, 0.25) is 0 Å². The van der Waals surface area contributed by atoms with Crippen molar-refractivity contribution in [1.29, 1.82) is 0 Å². The van der Waals surface area contributed by atoms with Crippen LogP contribution in [0.5, 0.6) is 0 Å². The van der Waals surface area contributed by atoms with Crippen molar-refractivity contribution in [2.24, 2.45) is 5.92 Å². The van der Waals surface area contributed by atoms with Gasteiger partial charge in [0.25, 0.3) is 0 Å². The van der Waals surface area contributed by atoms with Crippen LogP contribution in [0.1, 0.15) is 32.6 Å². The number of rotatable bonds is 7. The van der Waals surface area contributed by atoms with Crippen LogP contribution in [0, 0.1) is 5.92 Å². The molecule has 2 unspecified atom stereocenters. The smallest absolute Gasteiger partial charge is 0.0588 e. The number of ether oxygens (including phenoxy) is 1. The maximum atomic E-state index is 8.72. The summed E-state index contributed by atoms with van der Waals surface area (Å²) in [6.45, 7) is 5.46. The Morgan fingerprint density at radius 2 is 2.43 bits per heavy atom. The van der Waals surface area contributed by atoms with E-state index in [0.717, 1.165) is 32.5 Å². The maximum absolute atomic E-state index is 8.72. The van der Waals surface area contributed by atoms with E-state index >= 15 is 0 Å². The summed E-state index contributed by atoms with van der Waals surface area (Å²) in [5, 5.41) is 12.1. The van der Waals surface area contributed by atoms with Gasteiger partial charge in [0.15, 0.2) is 0 Å². The zero-order chi connectivity index (χ0) is 10.2. The molecule has 3 heteroatoms. The SMILES string of the molecule is CC(CCO)CNCCC1CCCO1. The molecule has 1 saturated heterocycles. The summed E-state index contributed by atoms with van der Waals surface area (Å²) in [7, 11) is 0. The van der Waals surface area contributed by atoms with Gasteiger partial charge in [-0.1, -0.05) is 6.92 Å². The highest BCUT2D eigenvalue weighted by Crippen LogP contribution is 2.14. The second-order valence-corrected chi connectivity index (χ2v) is 4.25. The Hall–Kier alpha value is -0.120. The predicted molar refractivity (Wildman–Crippen MR) is 57.3 cm³/mol. The van der Waals surface area contributed by atoms with Crippen molar-refractivity contribution >= 4 is 0 Å². The molecular formula is C11H23NO2. The minimum absolute atomic E-state index is 0.300. The third-order valence-corrected chi connectivity index (χ3v) is 2.78. The van der Waals surface area contributed by atoms with Crippen molar-refractivity contribution in [2.75, 3.05) is 26.3 Å². The minimum Gasteiger partial charge on any atom is -0.396 e. The highest BCUT2D eigenvalue weighted by Gasteiger charge is 2.14. The lowest BCUT2D eigenvalue weighted by Crippen LogP contribution is -2.25. The van der Waals surface area contributed by atoms with E-state index in [9.17, 15) is 0 Å². The molecule has 1 aliphatic rings. The lowest BCUT2D eigenvalue weighted by molar-refractivity contribution is 0.104. The summed E-state index contributed by atoms with van der Waals surface area (Å²) in [5.41, 5.74) is 0. The number of hydrogen-bond acceptors (Lipinski definition) is 3. The van der Waals surface area contributed by atoms with Gasteiger partial charge in [-0.2, -0.15) is 0 Å². The van der Waals surface area contributed by atoms with Crippen LogP contribution in [0.4, 0.5) is 0 Å². The minimum atomic E-state index is 0.300. The molecule has 0 aliphatic carbocycles. The van der Waals surface area contributed by atoms with Crippen LogP contribution in [0.2, 0.25) is 0 Å². The summed E-state index contributed by atoms with van der Waals surface area (Å²) in [4.78, 5) is 0. The largest absolute Gasteiger partial charge is 0.396 e. The molecule has 84 valence electrons. The summed E-state index contributed by atoms with van der Waals surface area (Å²) >= 11 is 0. The molecule has 0 spiro atoms. The normalized spacial score (nSPS) is 24.0. The van der Waals surface area contributed by atoms with Gasteiger partial charge in [-0.15, -0.1) is 0 Å². The van der Waals surface area contributed by atoms with Gasteiger partial charge in [0.05, 0.1) is 6.10 Å². The van der Waals surface area contributed by atoms with Crippen LogP contribution >= 0.6 is 0 Å². The maximum Gasteiger partial charge on any atom is 0.0588 e. The van der Waals surface area contributed by atoms with E-state index in [1.54, 1.807) is 0 Å². The van der Waals surface area contributed by atoms with Crippen LogP contribution in [0.15, 0.2) is 0 Å². The van der Waals surface area contributed by atoms with Crippen molar-refractivity contribution in [3.8, 4) is 0 Å². The quantitative estimate of drug-likeness (QED) is 0.607. The number of aliphatic hydroxyl groups excluding tert-OH is 1. The molecule has 2 atom stereocenters. The van der Waals surface area contributed by atoms with Gasteiger partial charge in [0, 0.05) is 13.2 Å². The van der Waals surface area contributed by atoms with E-state index in [1.165, 1.54) is 12.8 Å². The Labute approximate surface area is 86.8 Å². The van der Waals surface area contributed by atoms with Crippen LogP contribution in [-0.4, -0.2) is 37.5 Å². The third-order valence-electron chi connectivity index (χ3n) is 2.78. The average Bonchev–Trinajstić information content (AvgIpc) is 2.65. The molecule has 0 radical (unpaired) electrons. The third kappa shape index (κ3) is 4.94. The van der Waals surface area contributed by atoms with Crippen molar-refractivity contribution in [1.82, 2.24) is 5.32 Å². The molecule has 1 heterocycles. The first-order chi connectivity index (χ1) is 6.83. The van der Waals surface area contributed by atoms with E-state index < -0.39 is 0 Å². The van der Waals surface area contributed by atoms with Crippen molar-refractivity contribution in [3.05, 3.63) is 0 Å². The Morgan fingerprint density at radius 1 is 1.57 bits per heavy atom. The first kappa shape index (κ1) is 12.0. The molecule has 0 saturated carbocycles. The fourth-order valence-electron chi connectivity index (χ4n) is 1.81. The average molecular weight is 201 g/mol. The van der Waals surface area contributed by atoms with Crippen molar-refractivity contribution in [3.63, 3.8) is 0 Å². The molecule has 0 bridgehead atoms. The molecule has 0 aromatic carbocycles. The number of nitrogens with one attached hydrogen (secondary N) is 1. The monoisotopic (exact) mass is 201 g/mol. The van der Waals surface area contributed by atoms with E-state index in [-0.39, 0.29) is 0 Å². The van der Waals surface area contributed by atoms with Crippen LogP contribution < -0.4 is 5.32 Å².